The van der Waals surface area contributed by atoms with Crippen LogP contribution in [0.5, 0.6) is 0 Å². The maximum absolute atomic E-state index is 11.5. The molecule has 2 saturated heterocycles. The van der Waals surface area contributed by atoms with E-state index in [0.717, 1.165) is 39.0 Å². The van der Waals surface area contributed by atoms with Gasteiger partial charge in [0.05, 0.1) is 5.75 Å². The summed E-state index contributed by atoms with van der Waals surface area (Å²) in [5.74, 6) is 0.648. The highest BCUT2D eigenvalue weighted by Crippen LogP contribution is 2.24. The first-order valence-corrected chi connectivity index (χ1v) is 12.1. The number of rotatable bonds is 6. The zero-order valence-electron chi connectivity index (χ0n) is 14.7. The van der Waals surface area contributed by atoms with E-state index in [1.807, 2.05) is 11.3 Å². The van der Waals surface area contributed by atoms with E-state index in [2.05, 4.69) is 21.2 Å². The first kappa shape index (κ1) is 18.4. The molecule has 0 saturated carbocycles. The Balaban J connectivity index is 1.50. The molecule has 0 spiro atoms. The van der Waals surface area contributed by atoms with Crippen molar-refractivity contribution in [2.24, 2.45) is 5.92 Å². The first-order chi connectivity index (χ1) is 11.5. The van der Waals surface area contributed by atoms with E-state index >= 15 is 0 Å². The smallest absolute Gasteiger partial charge is 0.147 e. The predicted octanol–water partition coefficient (Wildman–Crippen LogP) is 2.99. The quantitative estimate of drug-likeness (QED) is 0.772. The van der Waals surface area contributed by atoms with Gasteiger partial charge in [0.25, 0.3) is 0 Å². The molecule has 1 aromatic rings. The zero-order chi connectivity index (χ0) is 17.0. The second kappa shape index (κ2) is 8.30. The van der Waals surface area contributed by atoms with Crippen LogP contribution >= 0.6 is 11.3 Å². The average molecular weight is 371 g/mol. The molecule has 0 aliphatic carbocycles. The Morgan fingerprint density at radius 2 is 1.83 bits per heavy atom. The molecule has 2 fully saturated rings. The van der Waals surface area contributed by atoms with Crippen LogP contribution < -0.4 is 0 Å². The summed E-state index contributed by atoms with van der Waals surface area (Å²) in [6, 6.07) is 2.36. The fourth-order valence-corrected chi connectivity index (χ4v) is 6.10. The fraction of sp³-hybridized carbons (Fsp3) is 0.778. The van der Waals surface area contributed by atoms with Crippen molar-refractivity contribution in [3.05, 3.63) is 21.9 Å². The van der Waals surface area contributed by atoms with Crippen molar-refractivity contribution < 1.29 is 8.42 Å². The summed E-state index contributed by atoms with van der Waals surface area (Å²) >= 11 is 1.86. The minimum Gasteiger partial charge on any atom is -0.299 e. The summed E-state index contributed by atoms with van der Waals surface area (Å²) in [7, 11) is -2.86. The molecule has 2 aliphatic heterocycles. The lowest BCUT2D eigenvalue weighted by Gasteiger charge is -2.32. The highest BCUT2D eigenvalue weighted by atomic mass is 32.2. The van der Waals surface area contributed by atoms with Crippen molar-refractivity contribution in [2.75, 3.05) is 38.2 Å². The molecule has 0 amide bonds. The SMILES string of the molecule is CS(=O)(=O)CC1CCCN(Cc2cc(CN3CCCCC3)cs2)C1. The van der Waals surface area contributed by atoms with Gasteiger partial charge in [-0.05, 0) is 68.2 Å². The molecule has 1 unspecified atom stereocenters. The molecule has 0 aromatic carbocycles. The van der Waals surface area contributed by atoms with Gasteiger partial charge in [0.1, 0.15) is 9.84 Å². The third kappa shape index (κ3) is 5.83. The van der Waals surface area contributed by atoms with E-state index in [-0.39, 0.29) is 0 Å². The van der Waals surface area contributed by atoms with Crippen molar-refractivity contribution >= 4 is 21.2 Å². The Bertz CT molecular complexity index is 621. The van der Waals surface area contributed by atoms with Crippen LogP contribution in [0.25, 0.3) is 0 Å². The van der Waals surface area contributed by atoms with Gasteiger partial charge in [-0.2, -0.15) is 0 Å². The lowest BCUT2D eigenvalue weighted by molar-refractivity contribution is 0.179. The lowest BCUT2D eigenvalue weighted by Crippen LogP contribution is -2.37. The van der Waals surface area contributed by atoms with Gasteiger partial charge < -0.3 is 0 Å². The summed E-state index contributed by atoms with van der Waals surface area (Å²) in [4.78, 5) is 6.43. The fourth-order valence-electron chi connectivity index (χ4n) is 4.05. The lowest BCUT2D eigenvalue weighted by atomic mass is 10.00. The molecular weight excluding hydrogens is 340 g/mol. The van der Waals surface area contributed by atoms with Crippen LogP contribution in [0.2, 0.25) is 0 Å². The molecule has 2 aliphatic rings. The summed E-state index contributed by atoms with van der Waals surface area (Å²) in [6.07, 6.45) is 7.59. The molecule has 3 rings (SSSR count). The van der Waals surface area contributed by atoms with Gasteiger partial charge in [-0.15, -0.1) is 11.3 Å². The summed E-state index contributed by atoms with van der Waals surface area (Å²) in [5, 5.41) is 2.31. The Hall–Kier alpha value is -0.430. The van der Waals surface area contributed by atoms with Gasteiger partial charge in [0.15, 0.2) is 0 Å². The Labute approximate surface area is 150 Å². The number of nitrogens with zero attached hydrogens (tertiary/aromatic N) is 2. The predicted molar refractivity (Wildman–Crippen MR) is 101 cm³/mol. The molecular formula is C18H30N2O2S2. The summed E-state index contributed by atoms with van der Waals surface area (Å²) in [5.41, 5.74) is 1.45. The van der Waals surface area contributed by atoms with Crippen LogP contribution in [-0.2, 0) is 22.9 Å². The molecule has 3 heterocycles. The monoisotopic (exact) mass is 370 g/mol. The number of hydrogen-bond acceptors (Lipinski definition) is 5. The molecule has 24 heavy (non-hydrogen) atoms. The Kier molecular flexibility index (Phi) is 6.35. The largest absolute Gasteiger partial charge is 0.299 e. The molecule has 0 N–H and O–H groups in total. The van der Waals surface area contributed by atoms with Crippen LogP contribution in [0.4, 0.5) is 0 Å². The van der Waals surface area contributed by atoms with Crippen molar-refractivity contribution in [3.8, 4) is 0 Å². The second-order valence-corrected chi connectivity index (χ2v) is 10.8. The van der Waals surface area contributed by atoms with E-state index in [0.29, 0.717) is 11.7 Å². The molecule has 0 radical (unpaired) electrons. The maximum Gasteiger partial charge on any atom is 0.147 e. The minimum atomic E-state index is -2.86. The van der Waals surface area contributed by atoms with Gasteiger partial charge in [0, 0.05) is 30.8 Å². The van der Waals surface area contributed by atoms with Crippen LogP contribution in [0.15, 0.2) is 11.4 Å². The van der Waals surface area contributed by atoms with Crippen LogP contribution in [0, 0.1) is 5.92 Å². The number of likely N-dealkylation sites (tertiary alicyclic amines) is 2. The standard InChI is InChI=1S/C18H30N2O2S2/c1-24(21,22)15-16-6-5-9-20(11-16)13-18-10-17(14-23-18)12-19-7-3-2-4-8-19/h10,14,16H,2-9,11-13,15H2,1H3. The average Bonchev–Trinajstić information content (AvgIpc) is 2.94. The zero-order valence-corrected chi connectivity index (χ0v) is 16.4. The first-order valence-electron chi connectivity index (χ1n) is 9.17. The normalized spacial score (nSPS) is 24.3. The molecule has 6 heteroatoms. The van der Waals surface area contributed by atoms with Crippen molar-refractivity contribution in [2.45, 2.75) is 45.2 Å². The molecule has 1 atom stereocenters. The van der Waals surface area contributed by atoms with Gasteiger partial charge in [-0.3, -0.25) is 9.80 Å². The highest BCUT2D eigenvalue weighted by molar-refractivity contribution is 7.90. The van der Waals surface area contributed by atoms with E-state index in [9.17, 15) is 8.42 Å². The van der Waals surface area contributed by atoms with Crippen LogP contribution in [-0.4, -0.2) is 56.4 Å². The summed E-state index contributed by atoms with van der Waals surface area (Å²) in [6.45, 7) is 6.57. The summed E-state index contributed by atoms with van der Waals surface area (Å²) < 4.78 is 23.1. The third-order valence-corrected chi connectivity index (χ3v) is 7.13. The van der Waals surface area contributed by atoms with E-state index in [4.69, 9.17) is 0 Å². The molecule has 4 nitrogen and oxygen atoms in total. The van der Waals surface area contributed by atoms with Crippen LogP contribution in [0.1, 0.15) is 42.5 Å². The third-order valence-electron chi connectivity index (χ3n) is 5.08. The Morgan fingerprint density at radius 1 is 1.08 bits per heavy atom. The van der Waals surface area contributed by atoms with Gasteiger partial charge >= 0.3 is 0 Å². The number of hydrogen-bond donors (Lipinski definition) is 0. The second-order valence-electron chi connectivity index (χ2n) is 7.59. The van der Waals surface area contributed by atoms with Gasteiger partial charge in [-0.1, -0.05) is 6.42 Å². The van der Waals surface area contributed by atoms with E-state index in [1.165, 1.54) is 49.0 Å². The van der Waals surface area contributed by atoms with Crippen molar-refractivity contribution in [3.63, 3.8) is 0 Å². The van der Waals surface area contributed by atoms with Crippen molar-refractivity contribution in [1.29, 1.82) is 0 Å². The van der Waals surface area contributed by atoms with Gasteiger partial charge in [0.2, 0.25) is 0 Å². The topological polar surface area (TPSA) is 40.6 Å². The van der Waals surface area contributed by atoms with E-state index < -0.39 is 9.84 Å². The van der Waals surface area contributed by atoms with Crippen molar-refractivity contribution in [1.82, 2.24) is 9.80 Å². The van der Waals surface area contributed by atoms with Crippen LogP contribution in [0.3, 0.4) is 0 Å². The molecule has 136 valence electrons. The molecule has 0 bridgehead atoms. The number of sulfone groups is 1. The number of thiophene rings is 1. The number of piperidine rings is 2. The van der Waals surface area contributed by atoms with Gasteiger partial charge in [-0.25, -0.2) is 8.42 Å². The molecule has 1 aromatic heterocycles. The Morgan fingerprint density at radius 3 is 2.58 bits per heavy atom. The minimum absolute atomic E-state index is 0.307. The van der Waals surface area contributed by atoms with E-state index in [1.54, 1.807) is 0 Å². The maximum atomic E-state index is 11.5. The highest BCUT2D eigenvalue weighted by Gasteiger charge is 2.23.